The van der Waals surface area contributed by atoms with Gasteiger partial charge in [0.25, 0.3) is 17.7 Å². The quantitative estimate of drug-likeness (QED) is 0.452. The van der Waals surface area contributed by atoms with Gasteiger partial charge in [-0.3, -0.25) is 24.6 Å². The van der Waals surface area contributed by atoms with Crippen molar-refractivity contribution in [2.75, 3.05) is 13.2 Å². The minimum atomic E-state index is -0.978. The van der Waals surface area contributed by atoms with Gasteiger partial charge in [-0.25, -0.2) is 4.79 Å². The molecule has 10 nitrogen and oxygen atoms in total. The molecule has 0 radical (unpaired) electrons. The van der Waals surface area contributed by atoms with E-state index in [1.165, 1.54) is 0 Å². The Morgan fingerprint density at radius 3 is 2.45 bits per heavy atom. The molecule has 5 amide bonds. The molecule has 1 aliphatic carbocycles. The Kier molecular flexibility index (Phi) is 6.57. The minimum Gasteiger partial charge on any atom is -0.454 e. The molecule has 1 saturated heterocycles. The molecule has 1 saturated carbocycles. The fourth-order valence-corrected chi connectivity index (χ4v) is 3.63. The van der Waals surface area contributed by atoms with Gasteiger partial charge in [-0.1, -0.05) is 24.6 Å². The number of nitrogens with zero attached hydrogens (tertiary/aromatic N) is 1. The lowest BCUT2D eigenvalue weighted by Gasteiger charge is -2.33. The summed E-state index contributed by atoms with van der Waals surface area (Å²) in [5, 5.41) is 5.72. The summed E-state index contributed by atoms with van der Waals surface area (Å²) in [5.74, 6) is -2.14. The number of aryl methyl sites for hydroxylation is 1. The highest BCUT2D eigenvalue weighted by molar-refractivity contribution is 6.08. The molecule has 1 aromatic carbocycles. The summed E-state index contributed by atoms with van der Waals surface area (Å²) < 4.78 is 4.81. The second-order valence-corrected chi connectivity index (χ2v) is 8.08. The zero-order chi connectivity index (χ0) is 22.6. The Morgan fingerprint density at radius 2 is 1.81 bits per heavy atom. The standard InChI is InChI=1S/C21H26N4O6/c1-13-3-5-15(6-4-13)18(28)22-11-17(27)31-12-16(26)24-25-19(29)21(23-20(25)30)9-7-14(2)8-10-21/h3-6,14H,7-12H2,1-2H3,(H,22,28)(H,23,30)(H,24,26). The Balaban J connectivity index is 1.43. The van der Waals surface area contributed by atoms with Crippen LogP contribution in [0.3, 0.4) is 0 Å². The summed E-state index contributed by atoms with van der Waals surface area (Å²) in [6.45, 7) is 2.86. The molecular formula is C21H26N4O6. The van der Waals surface area contributed by atoms with Crippen molar-refractivity contribution in [1.29, 1.82) is 0 Å². The van der Waals surface area contributed by atoms with Crippen LogP contribution in [0, 0.1) is 12.8 Å². The lowest BCUT2D eigenvalue weighted by molar-refractivity contribution is -0.150. The van der Waals surface area contributed by atoms with Crippen LogP contribution in [0.1, 0.15) is 48.5 Å². The topological polar surface area (TPSA) is 134 Å². The number of hydrogen-bond donors (Lipinski definition) is 3. The zero-order valence-electron chi connectivity index (χ0n) is 17.5. The van der Waals surface area contributed by atoms with Crippen LogP contribution in [0.4, 0.5) is 4.79 Å². The molecule has 0 unspecified atom stereocenters. The maximum absolute atomic E-state index is 12.7. The third-order valence-electron chi connectivity index (χ3n) is 5.60. The summed E-state index contributed by atoms with van der Waals surface area (Å²) >= 11 is 0. The predicted molar refractivity (Wildman–Crippen MR) is 108 cm³/mol. The van der Waals surface area contributed by atoms with E-state index in [1.54, 1.807) is 24.3 Å². The molecule has 10 heteroatoms. The number of carbonyl (C=O) groups excluding carboxylic acids is 5. The molecule has 1 aliphatic heterocycles. The molecule has 1 aromatic rings. The second-order valence-electron chi connectivity index (χ2n) is 8.08. The summed E-state index contributed by atoms with van der Waals surface area (Å²) in [4.78, 5) is 60.7. The average Bonchev–Trinajstić information content (AvgIpc) is 2.97. The van der Waals surface area contributed by atoms with Crippen LogP contribution in [0.25, 0.3) is 0 Å². The largest absolute Gasteiger partial charge is 0.454 e. The van der Waals surface area contributed by atoms with E-state index in [2.05, 4.69) is 23.0 Å². The Labute approximate surface area is 179 Å². The van der Waals surface area contributed by atoms with Crippen molar-refractivity contribution in [3.63, 3.8) is 0 Å². The van der Waals surface area contributed by atoms with Crippen molar-refractivity contribution in [2.45, 2.75) is 45.1 Å². The first kappa shape index (κ1) is 22.3. The molecule has 3 rings (SSSR count). The van der Waals surface area contributed by atoms with Gasteiger partial charge in [-0.15, -0.1) is 0 Å². The highest BCUT2D eigenvalue weighted by Crippen LogP contribution is 2.35. The van der Waals surface area contributed by atoms with Crippen LogP contribution in [0.15, 0.2) is 24.3 Å². The van der Waals surface area contributed by atoms with Crippen molar-refractivity contribution in [3.05, 3.63) is 35.4 Å². The van der Waals surface area contributed by atoms with E-state index in [9.17, 15) is 24.0 Å². The van der Waals surface area contributed by atoms with E-state index in [4.69, 9.17) is 4.74 Å². The zero-order valence-corrected chi connectivity index (χ0v) is 17.5. The number of amides is 5. The molecule has 1 heterocycles. The highest BCUT2D eigenvalue weighted by atomic mass is 16.5. The number of imide groups is 1. The normalized spacial score (nSPS) is 22.8. The van der Waals surface area contributed by atoms with E-state index in [0.717, 1.165) is 18.4 Å². The van der Waals surface area contributed by atoms with Crippen molar-refractivity contribution in [1.82, 2.24) is 21.1 Å². The summed E-state index contributed by atoms with van der Waals surface area (Å²) in [7, 11) is 0. The Hall–Kier alpha value is -3.43. The molecule has 0 bridgehead atoms. The number of hydrazine groups is 1. The predicted octanol–water partition coefficient (Wildman–Crippen LogP) is 0.800. The molecule has 2 fully saturated rings. The summed E-state index contributed by atoms with van der Waals surface area (Å²) in [6.07, 6.45) is 2.64. The monoisotopic (exact) mass is 430 g/mol. The van der Waals surface area contributed by atoms with Crippen LogP contribution in [-0.4, -0.2) is 53.4 Å². The van der Waals surface area contributed by atoms with Gasteiger partial charge in [-0.2, -0.15) is 5.01 Å². The lowest BCUT2D eigenvalue weighted by atomic mass is 9.77. The number of benzene rings is 1. The van der Waals surface area contributed by atoms with E-state index in [-0.39, 0.29) is 0 Å². The van der Waals surface area contributed by atoms with Crippen LogP contribution in [0.2, 0.25) is 0 Å². The molecule has 166 valence electrons. The fraction of sp³-hybridized carbons (Fsp3) is 0.476. The number of rotatable bonds is 6. The van der Waals surface area contributed by atoms with Crippen LogP contribution in [-0.2, 0) is 19.1 Å². The maximum Gasteiger partial charge on any atom is 0.344 e. The van der Waals surface area contributed by atoms with Crippen LogP contribution >= 0.6 is 0 Å². The van der Waals surface area contributed by atoms with Gasteiger partial charge in [0, 0.05) is 5.56 Å². The van der Waals surface area contributed by atoms with Crippen LogP contribution < -0.4 is 16.1 Å². The first-order valence-corrected chi connectivity index (χ1v) is 10.2. The average molecular weight is 430 g/mol. The number of nitrogens with one attached hydrogen (secondary N) is 3. The van der Waals surface area contributed by atoms with E-state index >= 15 is 0 Å². The summed E-state index contributed by atoms with van der Waals surface area (Å²) in [6, 6.07) is 6.09. The van der Waals surface area contributed by atoms with E-state index in [1.807, 2.05) is 6.92 Å². The first-order chi connectivity index (χ1) is 14.7. The molecule has 0 atom stereocenters. The molecule has 31 heavy (non-hydrogen) atoms. The van der Waals surface area contributed by atoms with E-state index in [0.29, 0.717) is 29.3 Å². The van der Waals surface area contributed by atoms with Gasteiger partial charge < -0.3 is 15.4 Å². The Bertz CT molecular complexity index is 890. The molecule has 0 aromatic heterocycles. The van der Waals surface area contributed by atoms with Gasteiger partial charge in [0.15, 0.2) is 6.61 Å². The molecule has 1 spiro atoms. The lowest BCUT2D eigenvalue weighted by Crippen LogP contribution is -2.52. The Morgan fingerprint density at radius 1 is 1.16 bits per heavy atom. The smallest absolute Gasteiger partial charge is 0.344 e. The second kappa shape index (κ2) is 9.15. The third kappa shape index (κ3) is 5.19. The van der Waals surface area contributed by atoms with Crippen molar-refractivity contribution in [3.8, 4) is 0 Å². The number of ether oxygens (including phenoxy) is 1. The maximum atomic E-state index is 12.7. The van der Waals surface area contributed by atoms with Gasteiger partial charge in [0.1, 0.15) is 12.1 Å². The van der Waals surface area contributed by atoms with Gasteiger partial charge in [-0.05, 0) is 50.7 Å². The minimum absolute atomic E-state index is 0.390. The number of carbonyl (C=O) groups is 5. The molecular weight excluding hydrogens is 404 g/mol. The first-order valence-electron chi connectivity index (χ1n) is 10.2. The van der Waals surface area contributed by atoms with Gasteiger partial charge in [0.05, 0.1) is 0 Å². The summed E-state index contributed by atoms with van der Waals surface area (Å²) in [5.41, 5.74) is 2.59. The van der Waals surface area contributed by atoms with Crippen molar-refractivity contribution in [2.24, 2.45) is 5.92 Å². The van der Waals surface area contributed by atoms with Crippen molar-refractivity contribution >= 4 is 29.7 Å². The SMILES string of the molecule is Cc1ccc(C(=O)NCC(=O)OCC(=O)NN2C(=O)NC3(CCC(C)CC3)C2=O)cc1. The van der Waals surface area contributed by atoms with Crippen LogP contribution in [0.5, 0.6) is 0 Å². The van der Waals surface area contributed by atoms with Crippen molar-refractivity contribution < 1.29 is 28.7 Å². The third-order valence-corrected chi connectivity index (χ3v) is 5.60. The fourth-order valence-electron chi connectivity index (χ4n) is 3.63. The number of urea groups is 1. The molecule has 3 N–H and O–H groups in total. The van der Waals surface area contributed by atoms with E-state index < -0.39 is 48.4 Å². The highest BCUT2D eigenvalue weighted by Gasteiger charge is 2.52. The number of hydrogen-bond acceptors (Lipinski definition) is 6. The van der Waals surface area contributed by atoms with Gasteiger partial charge in [0.2, 0.25) is 0 Å². The number of esters is 1. The van der Waals surface area contributed by atoms with Gasteiger partial charge >= 0.3 is 12.0 Å². The molecule has 2 aliphatic rings.